The first kappa shape index (κ1) is 10.7. The lowest BCUT2D eigenvalue weighted by Gasteiger charge is -2.02. The average Bonchev–Trinajstić information content (AvgIpc) is 2.66. The van der Waals surface area contributed by atoms with E-state index in [2.05, 4.69) is 36.7 Å². The molecule has 0 aliphatic heterocycles. The lowest BCUT2D eigenvalue weighted by Crippen LogP contribution is -2.12. The van der Waals surface area contributed by atoms with Crippen molar-refractivity contribution >= 4 is 27.5 Å². The van der Waals surface area contributed by atoms with Gasteiger partial charge in [-0.1, -0.05) is 6.07 Å². The molecule has 0 saturated heterocycles. The molecular formula is C10H10BrN3S. The van der Waals surface area contributed by atoms with Crippen LogP contribution < -0.4 is 5.32 Å². The van der Waals surface area contributed by atoms with Crippen molar-refractivity contribution in [2.24, 2.45) is 0 Å². The van der Waals surface area contributed by atoms with E-state index in [9.17, 15) is 0 Å². The molecule has 78 valence electrons. The van der Waals surface area contributed by atoms with Crippen molar-refractivity contribution in [3.63, 3.8) is 0 Å². The maximum atomic E-state index is 4.09. The van der Waals surface area contributed by atoms with Gasteiger partial charge in [0.05, 0.1) is 15.5 Å². The van der Waals surface area contributed by atoms with Gasteiger partial charge in [-0.05, 0) is 39.1 Å². The predicted molar refractivity (Wildman–Crippen MR) is 64.6 cm³/mol. The predicted octanol–water partition coefficient (Wildman–Crippen LogP) is 2.59. The van der Waals surface area contributed by atoms with Crippen LogP contribution in [0.5, 0.6) is 0 Å². The van der Waals surface area contributed by atoms with E-state index >= 15 is 0 Å². The van der Waals surface area contributed by atoms with Gasteiger partial charge in [0.1, 0.15) is 0 Å². The Kier molecular flexibility index (Phi) is 3.82. The molecule has 0 amide bonds. The Morgan fingerprint density at radius 3 is 2.93 bits per heavy atom. The smallest absolute Gasteiger partial charge is 0.0552 e. The van der Waals surface area contributed by atoms with Gasteiger partial charge in [-0.15, -0.1) is 0 Å². The topological polar surface area (TPSA) is 37.8 Å². The second-order valence-electron chi connectivity index (χ2n) is 3.06. The minimum atomic E-state index is 0.832. The summed E-state index contributed by atoms with van der Waals surface area (Å²) in [7, 11) is 0. The van der Waals surface area contributed by atoms with Crippen molar-refractivity contribution in [1.82, 2.24) is 14.7 Å². The second-order valence-corrected chi connectivity index (χ2v) is 4.80. The third-order valence-electron chi connectivity index (χ3n) is 1.93. The van der Waals surface area contributed by atoms with Gasteiger partial charge in [-0.25, -0.2) is 0 Å². The van der Waals surface area contributed by atoms with Crippen LogP contribution in [0.4, 0.5) is 0 Å². The van der Waals surface area contributed by atoms with Crippen molar-refractivity contribution < 1.29 is 0 Å². The standard InChI is InChI=1S/C10H10BrN3S/c11-9-6-14-15-10(9)7-13-5-8-2-1-3-12-4-8/h1-4,6,13H,5,7H2. The Morgan fingerprint density at radius 1 is 1.33 bits per heavy atom. The fraction of sp³-hybridized carbons (Fsp3) is 0.200. The van der Waals surface area contributed by atoms with E-state index in [1.807, 2.05) is 18.5 Å². The summed E-state index contributed by atoms with van der Waals surface area (Å²) in [6.45, 7) is 1.67. The number of hydrogen-bond acceptors (Lipinski definition) is 4. The van der Waals surface area contributed by atoms with Crippen molar-refractivity contribution in [2.45, 2.75) is 13.1 Å². The lowest BCUT2D eigenvalue weighted by molar-refractivity contribution is 0.697. The van der Waals surface area contributed by atoms with Gasteiger partial charge in [0.25, 0.3) is 0 Å². The summed E-state index contributed by atoms with van der Waals surface area (Å²) in [6, 6.07) is 4.00. The van der Waals surface area contributed by atoms with E-state index in [1.54, 1.807) is 6.20 Å². The first-order valence-corrected chi connectivity index (χ1v) is 6.11. The monoisotopic (exact) mass is 283 g/mol. The third-order valence-corrected chi connectivity index (χ3v) is 3.67. The fourth-order valence-electron chi connectivity index (χ4n) is 1.19. The first-order chi connectivity index (χ1) is 7.36. The van der Waals surface area contributed by atoms with Crippen molar-refractivity contribution in [1.29, 1.82) is 0 Å². The summed E-state index contributed by atoms with van der Waals surface area (Å²) < 4.78 is 5.16. The van der Waals surface area contributed by atoms with E-state index in [1.165, 1.54) is 22.0 Å². The minimum absolute atomic E-state index is 0.832. The molecule has 0 aliphatic rings. The van der Waals surface area contributed by atoms with Crippen molar-refractivity contribution in [3.8, 4) is 0 Å². The van der Waals surface area contributed by atoms with Gasteiger partial charge in [-0.3, -0.25) is 4.98 Å². The van der Waals surface area contributed by atoms with Gasteiger partial charge >= 0.3 is 0 Å². The zero-order valence-corrected chi connectivity index (χ0v) is 10.4. The molecule has 15 heavy (non-hydrogen) atoms. The third kappa shape index (κ3) is 3.09. The van der Waals surface area contributed by atoms with Gasteiger partial charge in [0.15, 0.2) is 0 Å². The van der Waals surface area contributed by atoms with E-state index < -0.39 is 0 Å². The van der Waals surface area contributed by atoms with Crippen LogP contribution in [0, 0.1) is 0 Å². The van der Waals surface area contributed by atoms with Crippen LogP contribution in [0.15, 0.2) is 35.2 Å². The Morgan fingerprint density at radius 2 is 2.27 bits per heavy atom. The van der Waals surface area contributed by atoms with Gasteiger partial charge in [0, 0.05) is 25.5 Å². The highest BCUT2D eigenvalue weighted by Gasteiger charge is 2.01. The maximum absolute atomic E-state index is 4.09. The number of nitrogens with one attached hydrogen (secondary N) is 1. The summed E-state index contributed by atoms with van der Waals surface area (Å²) in [5.74, 6) is 0. The molecule has 5 heteroatoms. The molecule has 2 aromatic heterocycles. The quantitative estimate of drug-likeness (QED) is 0.937. The van der Waals surface area contributed by atoms with Crippen LogP contribution in [0.3, 0.4) is 0 Å². The molecule has 0 spiro atoms. The zero-order chi connectivity index (χ0) is 10.5. The van der Waals surface area contributed by atoms with Crippen LogP contribution in [-0.2, 0) is 13.1 Å². The molecule has 0 aliphatic carbocycles. The van der Waals surface area contributed by atoms with E-state index in [0.29, 0.717) is 0 Å². The minimum Gasteiger partial charge on any atom is -0.308 e. The highest BCUT2D eigenvalue weighted by Crippen LogP contribution is 2.19. The SMILES string of the molecule is Brc1cnsc1CNCc1cccnc1. The first-order valence-electron chi connectivity index (χ1n) is 4.55. The second kappa shape index (κ2) is 5.34. The van der Waals surface area contributed by atoms with Gasteiger partial charge < -0.3 is 5.32 Å². The molecule has 2 aromatic rings. The molecule has 0 unspecified atom stereocenters. The number of pyridine rings is 1. The van der Waals surface area contributed by atoms with Gasteiger partial charge in [0.2, 0.25) is 0 Å². The summed E-state index contributed by atoms with van der Waals surface area (Å²) in [6.07, 6.45) is 5.48. The molecular weight excluding hydrogens is 274 g/mol. The maximum Gasteiger partial charge on any atom is 0.0552 e. The Bertz CT molecular complexity index is 416. The van der Waals surface area contributed by atoms with Crippen LogP contribution in [0.25, 0.3) is 0 Å². The van der Waals surface area contributed by atoms with E-state index in [4.69, 9.17) is 0 Å². The molecule has 0 saturated carbocycles. The Hall–Kier alpha value is -0.780. The molecule has 0 radical (unpaired) electrons. The number of hydrogen-bond donors (Lipinski definition) is 1. The number of nitrogens with zero attached hydrogens (tertiary/aromatic N) is 2. The highest BCUT2D eigenvalue weighted by molar-refractivity contribution is 9.10. The largest absolute Gasteiger partial charge is 0.308 e. The Labute approximate surface area is 101 Å². The lowest BCUT2D eigenvalue weighted by atomic mass is 10.3. The summed E-state index contributed by atoms with van der Waals surface area (Å²) in [5, 5.41) is 3.35. The molecule has 0 bridgehead atoms. The van der Waals surface area contributed by atoms with Crippen molar-refractivity contribution in [3.05, 3.63) is 45.6 Å². The molecule has 2 heterocycles. The molecule has 3 nitrogen and oxygen atoms in total. The molecule has 0 atom stereocenters. The number of rotatable bonds is 4. The van der Waals surface area contributed by atoms with Crippen LogP contribution in [0.2, 0.25) is 0 Å². The van der Waals surface area contributed by atoms with Crippen LogP contribution in [-0.4, -0.2) is 9.36 Å². The van der Waals surface area contributed by atoms with Crippen LogP contribution in [0.1, 0.15) is 10.4 Å². The number of aromatic nitrogens is 2. The summed E-state index contributed by atoms with van der Waals surface area (Å²) in [5.41, 5.74) is 1.19. The fourth-order valence-corrected chi connectivity index (χ4v) is 2.38. The molecule has 0 aromatic carbocycles. The Balaban J connectivity index is 1.83. The van der Waals surface area contributed by atoms with E-state index in [0.717, 1.165) is 17.6 Å². The summed E-state index contributed by atoms with van der Waals surface area (Å²) >= 11 is 4.96. The normalized spacial score (nSPS) is 10.5. The van der Waals surface area contributed by atoms with Gasteiger partial charge in [-0.2, -0.15) is 4.37 Å². The zero-order valence-electron chi connectivity index (χ0n) is 7.98. The van der Waals surface area contributed by atoms with E-state index in [-0.39, 0.29) is 0 Å². The summed E-state index contributed by atoms with van der Waals surface area (Å²) in [4.78, 5) is 5.28. The number of halogens is 1. The van der Waals surface area contributed by atoms with Crippen molar-refractivity contribution in [2.75, 3.05) is 0 Å². The van der Waals surface area contributed by atoms with Crippen LogP contribution >= 0.6 is 27.5 Å². The molecule has 1 N–H and O–H groups in total. The molecule has 2 rings (SSSR count). The highest BCUT2D eigenvalue weighted by atomic mass is 79.9. The average molecular weight is 284 g/mol. The molecule has 0 fully saturated rings.